The number of alkyl halides is 3. The number of rotatable bonds is 2. The van der Waals surface area contributed by atoms with Crippen molar-refractivity contribution in [3.8, 4) is 5.69 Å². The van der Waals surface area contributed by atoms with Gasteiger partial charge >= 0.3 is 6.18 Å². The Morgan fingerprint density at radius 1 is 1.15 bits per heavy atom. The highest BCUT2D eigenvalue weighted by molar-refractivity contribution is 5.93. The van der Waals surface area contributed by atoms with Crippen LogP contribution in [-0.2, 0) is 6.18 Å². The number of fused-ring (bicyclic) bond motifs is 2. The second-order valence-electron chi connectivity index (χ2n) is 6.78. The van der Waals surface area contributed by atoms with Crippen LogP contribution in [0, 0.1) is 0 Å². The first kappa shape index (κ1) is 17.1. The summed E-state index contributed by atoms with van der Waals surface area (Å²) in [6, 6.07) is 6.86. The van der Waals surface area contributed by atoms with Gasteiger partial charge in [0.15, 0.2) is 5.69 Å². The summed E-state index contributed by atoms with van der Waals surface area (Å²) in [6.07, 6.45) is -0.0124. The maximum Gasteiger partial charge on any atom is 0.416 e. The second kappa shape index (κ2) is 6.42. The molecule has 1 amide bonds. The zero-order chi connectivity index (χ0) is 18.3. The summed E-state index contributed by atoms with van der Waals surface area (Å²) in [5, 5.41) is 7.58. The van der Waals surface area contributed by atoms with E-state index >= 15 is 0 Å². The first-order valence-electron chi connectivity index (χ1n) is 8.70. The normalized spacial score (nSPS) is 23.1. The molecule has 2 fully saturated rings. The van der Waals surface area contributed by atoms with Crippen LogP contribution in [0.15, 0.2) is 36.5 Å². The van der Waals surface area contributed by atoms with Crippen molar-refractivity contribution >= 4 is 5.91 Å². The predicted molar refractivity (Wildman–Crippen MR) is 89.0 cm³/mol. The van der Waals surface area contributed by atoms with Crippen molar-refractivity contribution in [3.63, 3.8) is 0 Å². The molecule has 2 aliphatic heterocycles. The third-order valence-electron chi connectivity index (χ3n) is 5.13. The molecule has 0 radical (unpaired) electrons. The van der Waals surface area contributed by atoms with E-state index < -0.39 is 11.7 Å². The summed E-state index contributed by atoms with van der Waals surface area (Å²) in [6.45, 7) is 1.67. The lowest BCUT2D eigenvalue weighted by Gasteiger charge is -2.27. The van der Waals surface area contributed by atoms with Crippen molar-refractivity contribution in [1.29, 1.82) is 0 Å². The molecule has 2 unspecified atom stereocenters. The number of hydrogen-bond donors (Lipinski definition) is 1. The summed E-state index contributed by atoms with van der Waals surface area (Å²) < 4.78 is 40.0. The Hall–Kier alpha value is -2.35. The van der Waals surface area contributed by atoms with Gasteiger partial charge in [-0.1, -0.05) is 6.07 Å². The summed E-state index contributed by atoms with van der Waals surface area (Å²) in [5.41, 5.74) is -0.199. The first-order chi connectivity index (χ1) is 12.4. The molecule has 2 aliphatic rings. The molecule has 2 bridgehead atoms. The molecule has 3 heterocycles. The van der Waals surface area contributed by atoms with Gasteiger partial charge in [0.1, 0.15) is 0 Å². The number of aromatic nitrogens is 2. The SMILES string of the molecule is O=C(c1ccn(-c2cccc(C(F)(F)F)c2)n1)N1C2CCNCC1CC2. The van der Waals surface area contributed by atoms with Crippen LogP contribution in [0.5, 0.6) is 0 Å². The molecule has 4 rings (SSSR count). The number of carbonyl (C=O) groups excluding carboxylic acids is 1. The van der Waals surface area contributed by atoms with Crippen LogP contribution in [0.1, 0.15) is 35.3 Å². The Bertz CT molecular complexity index is 803. The summed E-state index contributed by atoms with van der Waals surface area (Å²) in [5.74, 6) is -0.146. The first-order valence-corrected chi connectivity index (χ1v) is 8.70. The molecule has 0 aliphatic carbocycles. The van der Waals surface area contributed by atoms with Crippen LogP contribution >= 0.6 is 0 Å². The van der Waals surface area contributed by atoms with E-state index in [1.807, 2.05) is 4.90 Å². The molecule has 2 aromatic rings. The minimum Gasteiger partial charge on any atom is -0.330 e. The number of halogens is 3. The fourth-order valence-electron chi connectivity index (χ4n) is 3.85. The number of nitrogens with zero attached hydrogens (tertiary/aromatic N) is 3. The highest BCUT2D eigenvalue weighted by Crippen LogP contribution is 2.31. The number of benzene rings is 1. The Morgan fingerprint density at radius 3 is 2.77 bits per heavy atom. The van der Waals surface area contributed by atoms with Crippen molar-refractivity contribution < 1.29 is 18.0 Å². The number of amides is 1. The second-order valence-corrected chi connectivity index (χ2v) is 6.78. The Morgan fingerprint density at radius 2 is 1.96 bits per heavy atom. The van der Waals surface area contributed by atoms with Crippen LogP contribution in [0.4, 0.5) is 13.2 Å². The molecule has 1 aromatic carbocycles. The van der Waals surface area contributed by atoms with Gasteiger partial charge in [0, 0.05) is 24.8 Å². The van der Waals surface area contributed by atoms with E-state index in [1.165, 1.54) is 23.0 Å². The monoisotopic (exact) mass is 364 g/mol. The quantitative estimate of drug-likeness (QED) is 0.892. The van der Waals surface area contributed by atoms with E-state index in [0.29, 0.717) is 0 Å². The van der Waals surface area contributed by atoms with Gasteiger partial charge in [0.05, 0.1) is 11.3 Å². The van der Waals surface area contributed by atoms with E-state index in [2.05, 4.69) is 10.4 Å². The van der Waals surface area contributed by atoms with Gasteiger partial charge in [-0.3, -0.25) is 4.79 Å². The minimum absolute atomic E-state index is 0.146. The highest BCUT2D eigenvalue weighted by atomic mass is 19.4. The summed E-state index contributed by atoms with van der Waals surface area (Å²) in [4.78, 5) is 14.8. The molecule has 5 nitrogen and oxygen atoms in total. The van der Waals surface area contributed by atoms with Crippen LogP contribution in [-0.4, -0.2) is 45.8 Å². The molecule has 8 heteroatoms. The molecule has 2 atom stereocenters. The van der Waals surface area contributed by atoms with Gasteiger partial charge in [0.2, 0.25) is 0 Å². The molecule has 1 aromatic heterocycles. The van der Waals surface area contributed by atoms with Crippen LogP contribution < -0.4 is 5.32 Å². The molecule has 26 heavy (non-hydrogen) atoms. The van der Waals surface area contributed by atoms with Crippen molar-refractivity contribution in [2.24, 2.45) is 0 Å². The predicted octanol–water partition coefficient (Wildman–Crippen LogP) is 2.86. The fourth-order valence-corrected chi connectivity index (χ4v) is 3.85. The smallest absolute Gasteiger partial charge is 0.330 e. The maximum absolute atomic E-state index is 12.9. The minimum atomic E-state index is -4.42. The lowest BCUT2D eigenvalue weighted by Crippen LogP contribution is -2.42. The third kappa shape index (κ3) is 3.09. The van der Waals surface area contributed by atoms with Crippen molar-refractivity contribution in [2.45, 2.75) is 37.5 Å². The molecule has 2 saturated heterocycles. The Balaban J connectivity index is 1.59. The van der Waals surface area contributed by atoms with Crippen LogP contribution in [0.3, 0.4) is 0 Å². The third-order valence-corrected chi connectivity index (χ3v) is 5.13. The maximum atomic E-state index is 12.9. The van der Waals surface area contributed by atoms with Gasteiger partial charge in [-0.2, -0.15) is 18.3 Å². The van der Waals surface area contributed by atoms with Gasteiger partial charge in [0.25, 0.3) is 5.91 Å². The molecular formula is C18H19F3N4O. The lowest BCUT2D eigenvalue weighted by molar-refractivity contribution is -0.137. The average molecular weight is 364 g/mol. The standard InChI is InChI=1S/C18H19F3N4O/c19-18(20,21)12-2-1-3-14(10-12)24-9-7-16(23-24)17(26)25-13-4-5-15(25)11-22-8-6-13/h1-3,7,9-10,13,15,22H,4-6,8,11H2. The molecule has 138 valence electrons. The number of carbonyl (C=O) groups is 1. The van der Waals surface area contributed by atoms with Crippen LogP contribution in [0.2, 0.25) is 0 Å². The van der Waals surface area contributed by atoms with Crippen molar-refractivity contribution in [3.05, 3.63) is 47.8 Å². The Labute approximate surface area is 148 Å². The summed E-state index contributed by atoms with van der Waals surface area (Å²) in [7, 11) is 0. The largest absolute Gasteiger partial charge is 0.416 e. The van der Waals surface area contributed by atoms with E-state index in [0.717, 1.165) is 44.5 Å². The van der Waals surface area contributed by atoms with Gasteiger partial charge in [-0.05, 0) is 50.1 Å². The average Bonchev–Trinajstić information content (AvgIpc) is 3.18. The Kier molecular flexibility index (Phi) is 4.22. The van der Waals surface area contributed by atoms with E-state index in [4.69, 9.17) is 0 Å². The lowest BCUT2D eigenvalue weighted by atomic mass is 10.1. The molecule has 0 saturated carbocycles. The number of hydrogen-bond acceptors (Lipinski definition) is 3. The van der Waals surface area contributed by atoms with Gasteiger partial charge < -0.3 is 10.2 Å². The highest BCUT2D eigenvalue weighted by Gasteiger charge is 2.39. The molecule has 1 N–H and O–H groups in total. The zero-order valence-corrected chi connectivity index (χ0v) is 14.0. The summed E-state index contributed by atoms with van der Waals surface area (Å²) >= 11 is 0. The number of nitrogens with one attached hydrogen (secondary N) is 1. The van der Waals surface area contributed by atoms with Gasteiger partial charge in [-0.25, -0.2) is 4.68 Å². The molecular weight excluding hydrogens is 345 g/mol. The van der Waals surface area contributed by atoms with Crippen LogP contribution in [0.25, 0.3) is 5.69 Å². The van der Waals surface area contributed by atoms with E-state index in [-0.39, 0.29) is 29.4 Å². The topological polar surface area (TPSA) is 50.2 Å². The molecule has 0 spiro atoms. The fraction of sp³-hybridized carbons (Fsp3) is 0.444. The van der Waals surface area contributed by atoms with E-state index in [1.54, 1.807) is 6.07 Å². The van der Waals surface area contributed by atoms with E-state index in [9.17, 15) is 18.0 Å². The zero-order valence-electron chi connectivity index (χ0n) is 14.0. The van der Waals surface area contributed by atoms with Crippen molar-refractivity contribution in [1.82, 2.24) is 20.0 Å². The van der Waals surface area contributed by atoms with Crippen molar-refractivity contribution in [2.75, 3.05) is 13.1 Å². The van der Waals surface area contributed by atoms with Gasteiger partial charge in [-0.15, -0.1) is 0 Å².